The third kappa shape index (κ3) is 4.11. The van der Waals surface area contributed by atoms with Crippen LogP contribution in [0.5, 0.6) is 0 Å². The summed E-state index contributed by atoms with van der Waals surface area (Å²) in [6.07, 6.45) is 3.16. The molecule has 0 amide bonds. The van der Waals surface area contributed by atoms with Crippen molar-refractivity contribution in [3.05, 3.63) is 89.6 Å². The van der Waals surface area contributed by atoms with Crippen LogP contribution in [0.2, 0.25) is 5.02 Å². The van der Waals surface area contributed by atoms with Gasteiger partial charge in [-0.05, 0) is 55.5 Å². The normalized spacial score (nSPS) is 11.6. The molecule has 146 valence electrons. The van der Waals surface area contributed by atoms with E-state index in [4.69, 9.17) is 16.6 Å². The van der Waals surface area contributed by atoms with Crippen molar-refractivity contribution in [2.24, 2.45) is 0 Å². The summed E-state index contributed by atoms with van der Waals surface area (Å²) in [5, 5.41) is 0.656. The van der Waals surface area contributed by atoms with E-state index >= 15 is 0 Å². The minimum Gasteiger partial charge on any atom is -0.299 e. The van der Waals surface area contributed by atoms with Gasteiger partial charge in [0.15, 0.2) is 9.84 Å². The van der Waals surface area contributed by atoms with E-state index in [2.05, 4.69) is 12.1 Å². The number of imidazole rings is 1. The Labute approximate surface area is 175 Å². The molecular weight excluding hydrogens is 404 g/mol. The molecule has 0 saturated carbocycles. The molecule has 0 radical (unpaired) electrons. The second kappa shape index (κ2) is 7.50. The van der Waals surface area contributed by atoms with Gasteiger partial charge in [0.1, 0.15) is 5.82 Å². The monoisotopic (exact) mass is 422 g/mol. The van der Waals surface area contributed by atoms with Gasteiger partial charge in [0.05, 0.1) is 10.6 Å². The number of benzene rings is 3. The largest absolute Gasteiger partial charge is 0.299 e. The smallest absolute Gasteiger partial charge is 0.175 e. The highest BCUT2D eigenvalue weighted by Crippen LogP contribution is 2.29. The number of rotatable bonds is 4. The SMILES string of the molecule is Cc1ccc(-c2cn(-c3ccc(S(C)(=O)=O)cc3)c(-c3ccc(Cl)cc3)n2)cc1. The molecule has 0 fully saturated rings. The molecular formula is C23H19ClN2O2S. The predicted molar refractivity (Wildman–Crippen MR) is 117 cm³/mol. The molecule has 0 atom stereocenters. The standard InChI is InChI=1S/C23H19ClN2O2S/c1-16-3-5-17(6-4-16)22-15-26(20-11-13-21(14-12-20)29(2,27)28)23(25-22)18-7-9-19(24)10-8-18/h3-15H,1-2H3. The fourth-order valence-electron chi connectivity index (χ4n) is 3.10. The summed E-state index contributed by atoms with van der Waals surface area (Å²) in [6.45, 7) is 2.05. The molecule has 6 heteroatoms. The van der Waals surface area contributed by atoms with Gasteiger partial charge in [-0.3, -0.25) is 4.57 Å². The van der Waals surface area contributed by atoms with Crippen LogP contribution >= 0.6 is 11.6 Å². The van der Waals surface area contributed by atoms with Crippen molar-refractivity contribution in [3.63, 3.8) is 0 Å². The summed E-state index contributed by atoms with van der Waals surface area (Å²) in [5.74, 6) is 0.754. The van der Waals surface area contributed by atoms with Gasteiger partial charge in [0, 0.05) is 34.3 Å². The van der Waals surface area contributed by atoms with Crippen LogP contribution in [0.15, 0.2) is 83.9 Å². The molecule has 3 aromatic carbocycles. The summed E-state index contributed by atoms with van der Waals surface area (Å²) in [5.41, 5.74) is 4.77. The zero-order chi connectivity index (χ0) is 20.6. The number of aromatic nitrogens is 2. The van der Waals surface area contributed by atoms with E-state index in [0.29, 0.717) is 5.02 Å². The second-order valence-corrected chi connectivity index (χ2v) is 9.41. The maximum absolute atomic E-state index is 11.8. The molecule has 0 aliphatic carbocycles. The van der Waals surface area contributed by atoms with Crippen LogP contribution in [0.1, 0.15) is 5.56 Å². The van der Waals surface area contributed by atoms with Crippen LogP contribution < -0.4 is 0 Å². The van der Waals surface area contributed by atoms with Gasteiger partial charge in [0.25, 0.3) is 0 Å². The Morgan fingerprint density at radius 1 is 0.828 bits per heavy atom. The lowest BCUT2D eigenvalue weighted by molar-refractivity contribution is 0.602. The fourth-order valence-corrected chi connectivity index (χ4v) is 3.85. The number of sulfone groups is 1. The van der Waals surface area contributed by atoms with E-state index in [0.717, 1.165) is 28.3 Å². The first-order valence-corrected chi connectivity index (χ1v) is 11.3. The lowest BCUT2D eigenvalue weighted by Crippen LogP contribution is -1.99. The molecule has 1 heterocycles. The molecule has 4 rings (SSSR count). The summed E-state index contributed by atoms with van der Waals surface area (Å²) in [6, 6.07) is 22.5. The Morgan fingerprint density at radius 2 is 1.41 bits per heavy atom. The topological polar surface area (TPSA) is 52.0 Å². The van der Waals surface area contributed by atoms with Gasteiger partial charge in [0.2, 0.25) is 0 Å². The van der Waals surface area contributed by atoms with E-state index in [9.17, 15) is 8.42 Å². The van der Waals surface area contributed by atoms with Gasteiger partial charge < -0.3 is 0 Å². The highest BCUT2D eigenvalue weighted by Gasteiger charge is 2.14. The van der Waals surface area contributed by atoms with Crippen molar-refractivity contribution in [1.82, 2.24) is 9.55 Å². The zero-order valence-electron chi connectivity index (χ0n) is 16.0. The van der Waals surface area contributed by atoms with Gasteiger partial charge in [-0.15, -0.1) is 0 Å². The number of halogens is 1. The van der Waals surface area contributed by atoms with E-state index in [1.165, 1.54) is 11.8 Å². The molecule has 0 aliphatic rings. The molecule has 4 aromatic rings. The molecule has 4 nitrogen and oxygen atoms in total. The molecule has 0 aliphatic heterocycles. The van der Waals surface area contributed by atoms with Crippen molar-refractivity contribution in [3.8, 4) is 28.3 Å². The minimum absolute atomic E-state index is 0.285. The Balaban J connectivity index is 1.86. The first kappa shape index (κ1) is 19.4. The molecule has 0 unspecified atom stereocenters. The van der Waals surface area contributed by atoms with Crippen molar-refractivity contribution in [2.45, 2.75) is 11.8 Å². The predicted octanol–water partition coefficient (Wildman–Crippen LogP) is 5.57. The van der Waals surface area contributed by atoms with Crippen molar-refractivity contribution in [2.75, 3.05) is 6.26 Å². The van der Waals surface area contributed by atoms with E-state index < -0.39 is 9.84 Å². The van der Waals surface area contributed by atoms with Gasteiger partial charge in [-0.2, -0.15) is 0 Å². The van der Waals surface area contributed by atoms with Crippen LogP contribution in [0, 0.1) is 6.92 Å². The summed E-state index contributed by atoms with van der Waals surface area (Å²) >= 11 is 6.05. The number of hydrogen-bond acceptors (Lipinski definition) is 3. The van der Waals surface area contributed by atoms with E-state index in [-0.39, 0.29) is 4.90 Å². The summed E-state index contributed by atoms with van der Waals surface area (Å²) < 4.78 is 25.5. The summed E-state index contributed by atoms with van der Waals surface area (Å²) in [7, 11) is -3.25. The fraction of sp³-hybridized carbons (Fsp3) is 0.0870. The van der Waals surface area contributed by atoms with E-state index in [1.807, 2.05) is 54.1 Å². The van der Waals surface area contributed by atoms with Crippen molar-refractivity contribution >= 4 is 21.4 Å². The average Bonchev–Trinajstić information content (AvgIpc) is 3.14. The Morgan fingerprint density at radius 3 is 2.00 bits per heavy atom. The minimum atomic E-state index is -3.25. The van der Waals surface area contributed by atoms with Crippen LogP contribution in [0.25, 0.3) is 28.3 Å². The molecule has 0 bridgehead atoms. The maximum atomic E-state index is 11.8. The molecule has 0 spiro atoms. The van der Waals surface area contributed by atoms with Crippen molar-refractivity contribution in [1.29, 1.82) is 0 Å². The highest BCUT2D eigenvalue weighted by molar-refractivity contribution is 7.90. The average molecular weight is 423 g/mol. The zero-order valence-corrected chi connectivity index (χ0v) is 17.6. The number of aryl methyl sites for hydroxylation is 1. The van der Waals surface area contributed by atoms with Gasteiger partial charge in [-0.25, -0.2) is 13.4 Å². The van der Waals surface area contributed by atoms with Crippen LogP contribution in [0.3, 0.4) is 0 Å². The lowest BCUT2D eigenvalue weighted by Gasteiger charge is -2.09. The Kier molecular flexibility index (Phi) is 5.03. The molecule has 29 heavy (non-hydrogen) atoms. The molecule has 0 saturated heterocycles. The lowest BCUT2D eigenvalue weighted by atomic mass is 10.1. The molecule has 1 aromatic heterocycles. The first-order chi connectivity index (χ1) is 13.8. The van der Waals surface area contributed by atoms with E-state index in [1.54, 1.807) is 24.3 Å². The van der Waals surface area contributed by atoms with Gasteiger partial charge >= 0.3 is 0 Å². The third-order valence-electron chi connectivity index (χ3n) is 4.70. The third-order valence-corrected chi connectivity index (χ3v) is 6.08. The Bertz CT molecular complexity index is 1260. The van der Waals surface area contributed by atoms with Crippen LogP contribution in [-0.2, 0) is 9.84 Å². The van der Waals surface area contributed by atoms with Gasteiger partial charge in [-0.1, -0.05) is 41.4 Å². The van der Waals surface area contributed by atoms with Crippen LogP contribution in [-0.4, -0.2) is 24.2 Å². The van der Waals surface area contributed by atoms with Crippen molar-refractivity contribution < 1.29 is 8.42 Å². The number of nitrogens with zero attached hydrogens (tertiary/aromatic N) is 2. The van der Waals surface area contributed by atoms with Crippen LogP contribution in [0.4, 0.5) is 0 Å². The highest BCUT2D eigenvalue weighted by atomic mass is 35.5. The Hall–Kier alpha value is -2.89. The number of hydrogen-bond donors (Lipinski definition) is 0. The quantitative estimate of drug-likeness (QED) is 0.432. The first-order valence-electron chi connectivity index (χ1n) is 9.04. The second-order valence-electron chi connectivity index (χ2n) is 6.96. The summed E-state index contributed by atoms with van der Waals surface area (Å²) in [4.78, 5) is 5.14. The molecule has 0 N–H and O–H groups in total. The maximum Gasteiger partial charge on any atom is 0.175 e.